The van der Waals surface area contributed by atoms with E-state index in [1.54, 1.807) is 12.1 Å². The Hall–Kier alpha value is -1.20. The third-order valence-corrected chi connectivity index (χ3v) is 4.19. The molecule has 0 aromatic heterocycles. The predicted octanol–water partition coefficient (Wildman–Crippen LogP) is 2.86. The lowest BCUT2D eigenvalue weighted by Crippen LogP contribution is -2.56. The summed E-state index contributed by atoms with van der Waals surface area (Å²) < 4.78 is 29.2. The fraction of sp³-hybridized carbons (Fsp3) is 0.600. The first-order chi connectivity index (χ1) is 9.53. The van der Waals surface area contributed by atoms with Crippen LogP contribution in [0.4, 0.5) is 8.78 Å². The molecule has 0 amide bonds. The van der Waals surface area contributed by atoms with Crippen LogP contribution in [0.5, 0.6) is 5.75 Å². The van der Waals surface area contributed by atoms with E-state index in [0.717, 1.165) is 12.1 Å². The molecule has 1 aliphatic carbocycles. The number of alkyl halides is 2. The largest absolute Gasteiger partial charge is 0.434 e. The molecule has 1 aliphatic rings. The van der Waals surface area contributed by atoms with Gasteiger partial charge in [-0.15, -0.1) is 0 Å². The first-order valence-corrected chi connectivity index (χ1v) is 6.94. The van der Waals surface area contributed by atoms with E-state index in [0.29, 0.717) is 6.54 Å². The van der Waals surface area contributed by atoms with Gasteiger partial charge in [-0.1, -0.05) is 18.2 Å². The van der Waals surface area contributed by atoms with Crippen LogP contribution in [0, 0.1) is 0 Å². The fourth-order valence-corrected chi connectivity index (χ4v) is 2.66. The van der Waals surface area contributed by atoms with E-state index in [2.05, 4.69) is 29.0 Å². The smallest absolute Gasteiger partial charge is 0.387 e. The van der Waals surface area contributed by atoms with E-state index >= 15 is 0 Å². The molecular weight excluding hydrogens is 262 g/mol. The number of nitrogens with one attached hydrogen (secondary N) is 1. The Morgan fingerprint density at radius 2 is 2.00 bits per heavy atom. The Labute approximate surface area is 118 Å². The molecule has 0 unspecified atom stereocenters. The highest BCUT2D eigenvalue weighted by Crippen LogP contribution is 2.35. The third kappa shape index (κ3) is 3.46. The maximum Gasteiger partial charge on any atom is 0.387 e. The van der Waals surface area contributed by atoms with Crippen LogP contribution in [0.15, 0.2) is 24.3 Å². The van der Waals surface area contributed by atoms with E-state index < -0.39 is 6.61 Å². The number of nitrogens with zero attached hydrogens (tertiary/aromatic N) is 1. The summed E-state index contributed by atoms with van der Waals surface area (Å²) in [6.07, 6.45) is 3.62. The summed E-state index contributed by atoms with van der Waals surface area (Å²) in [6.45, 7) is -1.38. The van der Waals surface area contributed by atoms with E-state index in [-0.39, 0.29) is 11.3 Å². The van der Waals surface area contributed by atoms with Gasteiger partial charge in [0.1, 0.15) is 5.75 Å². The molecule has 0 atom stereocenters. The van der Waals surface area contributed by atoms with Crippen molar-refractivity contribution in [3.63, 3.8) is 0 Å². The average Bonchev–Trinajstić information content (AvgIpc) is 2.33. The van der Waals surface area contributed by atoms with E-state index in [9.17, 15) is 8.78 Å². The maximum absolute atomic E-state index is 12.3. The Kier molecular flexibility index (Phi) is 4.94. The predicted molar refractivity (Wildman–Crippen MR) is 75.0 cm³/mol. The molecule has 112 valence electrons. The van der Waals surface area contributed by atoms with Gasteiger partial charge >= 0.3 is 6.61 Å². The number of benzene rings is 1. The fourth-order valence-electron chi connectivity index (χ4n) is 2.66. The highest BCUT2D eigenvalue weighted by atomic mass is 19.3. The number of hydrogen-bond donors (Lipinski definition) is 1. The molecule has 20 heavy (non-hydrogen) atoms. The molecule has 1 saturated carbocycles. The topological polar surface area (TPSA) is 24.5 Å². The molecular formula is C15H22F2N2O. The van der Waals surface area contributed by atoms with Gasteiger partial charge in [0.15, 0.2) is 0 Å². The number of halogens is 2. The van der Waals surface area contributed by atoms with Crippen LogP contribution in [0.3, 0.4) is 0 Å². The van der Waals surface area contributed by atoms with Gasteiger partial charge in [0.05, 0.1) is 0 Å². The molecule has 5 heteroatoms. The van der Waals surface area contributed by atoms with Gasteiger partial charge in [0, 0.05) is 24.2 Å². The van der Waals surface area contributed by atoms with E-state index in [1.807, 2.05) is 12.1 Å². The maximum atomic E-state index is 12.3. The van der Waals surface area contributed by atoms with Crippen LogP contribution < -0.4 is 10.1 Å². The number of para-hydroxylation sites is 1. The molecule has 1 N–H and O–H groups in total. The summed E-state index contributed by atoms with van der Waals surface area (Å²) in [4.78, 5) is 2.26. The zero-order valence-electron chi connectivity index (χ0n) is 12.0. The van der Waals surface area contributed by atoms with Gasteiger partial charge in [-0.2, -0.15) is 8.78 Å². The monoisotopic (exact) mass is 284 g/mol. The van der Waals surface area contributed by atoms with Crippen LogP contribution in [0.1, 0.15) is 24.8 Å². The lowest BCUT2D eigenvalue weighted by molar-refractivity contribution is -0.0505. The van der Waals surface area contributed by atoms with Crippen molar-refractivity contribution in [2.45, 2.75) is 38.0 Å². The summed E-state index contributed by atoms with van der Waals surface area (Å²) >= 11 is 0. The Morgan fingerprint density at radius 3 is 2.55 bits per heavy atom. The second-order valence-corrected chi connectivity index (χ2v) is 5.56. The molecule has 0 spiro atoms. The van der Waals surface area contributed by atoms with Gasteiger partial charge in [-0.05, 0) is 39.4 Å². The molecule has 3 nitrogen and oxygen atoms in total. The summed E-state index contributed by atoms with van der Waals surface area (Å²) in [5.41, 5.74) is 0.986. The first kappa shape index (κ1) is 15.2. The first-order valence-electron chi connectivity index (χ1n) is 6.94. The molecule has 2 rings (SSSR count). The summed E-state index contributed by atoms with van der Waals surface area (Å²) in [7, 11) is 4.18. The second-order valence-electron chi connectivity index (χ2n) is 5.56. The van der Waals surface area contributed by atoms with E-state index in [4.69, 9.17) is 0 Å². The van der Waals surface area contributed by atoms with Gasteiger partial charge in [0.2, 0.25) is 0 Å². The van der Waals surface area contributed by atoms with Crippen molar-refractivity contribution in [1.29, 1.82) is 0 Å². The standard InChI is InChI=1S/C15H22F2N2O/c1-19(2)15(8-5-9-15)11-18-10-12-6-3-4-7-13(12)20-14(16)17/h3-4,6-7,14,18H,5,8-11H2,1-2H3. The quantitative estimate of drug-likeness (QED) is 0.833. The number of ether oxygens (including phenoxy) is 1. The molecule has 0 heterocycles. The van der Waals surface area contributed by atoms with Gasteiger partial charge in [-0.3, -0.25) is 0 Å². The number of rotatable bonds is 7. The van der Waals surface area contributed by atoms with Crippen LogP contribution in [-0.2, 0) is 6.54 Å². The van der Waals surface area contributed by atoms with Gasteiger partial charge in [-0.25, -0.2) is 0 Å². The lowest BCUT2D eigenvalue weighted by atomic mass is 9.75. The Bertz CT molecular complexity index is 434. The summed E-state index contributed by atoms with van der Waals surface area (Å²) in [5, 5.41) is 3.37. The van der Waals surface area contributed by atoms with Gasteiger partial charge in [0.25, 0.3) is 0 Å². The van der Waals surface area contributed by atoms with Crippen LogP contribution >= 0.6 is 0 Å². The molecule has 0 aliphatic heterocycles. The minimum atomic E-state index is -2.78. The van der Waals surface area contributed by atoms with Crippen molar-refractivity contribution < 1.29 is 13.5 Å². The molecule has 1 aromatic rings. The second kappa shape index (κ2) is 6.50. The molecule has 1 aromatic carbocycles. The molecule has 0 radical (unpaired) electrons. The zero-order valence-corrected chi connectivity index (χ0v) is 12.0. The van der Waals surface area contributed by atoms with Crippen molar-refractivity contribution in [3.05, 3.63) is 29.8 Å². The minimum absolute atomic E-state index is 0.221. The summed E-state index contributed by atoms with van der Waals surface area (Å²) in [5.74, 6) is 0.252. The minimum Gasteiger partial charge on any atom is -0.434 e. The molecule has 1 fully saturated rings. The van der Waals surface area contributed by atoms with Crippen LogP contribution in [-0.4, -0.2) is 37.7 Å². The Morgan fingerprint density at radius 1 is 1.30 bits per heavy atom. The molecule has 0 saturated heterocycles. The van der Waals surface area contributed by atoms with E-state index in [1.165, 1.54) is 19.3 Å². The highest BCUT2D eigenvalue weighted by molar-refractivity contribution is 5.33. The van der Waals surface area contributed by atoms with Crippen LogP contribution in [0.25, 0.3) is 0 Å². The van der Waals surface area contributed by atoms with Crippen molar-refractivity contribution >= 4 is 0 Å². The highest BCUT2D eigenvalue weighted by Gasteiger charge is 2.38. The van der Waals surface area contributed by atoms with Crippen molar-refractivity contribution in [2.24, 2.45) is 0 Å². The van der Waals surface area contributed by atoms with Crippen molar-refractivity contribution in [2.75, 3.05) is 20.6 Å². The lowest BCUT2D eigenvalue weighted by Gasteiger charge is -2.47. The van der Waals surface area contributed by atoms with Crippen molar-refractivity contribution in [1.82, 2.24) is 10.2 Å². The number of likely N-dealkylation sites (N-methyl/N-ethyl adjacent to an activating group) is 1. The average molecular weight is 284 g/mol. The van der Waals surface area contributed by atoms with Gasteiger partial charge < -0.3 is 15.0 Å². The zero-order chi connectivity index (χ0) is 14.6. The SMILES string of the molecule is CN(C)C1(CNCc2ccccc2OC(F)F)CCC1. The summed E-state index contributed by atoms with van der Waals surface area (Å²) in [6, 6.07) is 6.93. The third-order valence-electron chi connectivity index (χ3n) is 4.19. The number of hydrogen-bond acceptors (Lipinski definition) is 3. The molecule has 0 bridgehead atoms. The van der Waals surface area contributed by atoms with Crippen molar-refractivity contribution in [3.8, 4) is 5.75 Å². The Balaban J connectivity index is 1.91. The normalized spacial score (nSPS) is 17.3. The van der Waals surface area contributed by atoms with Crippen LogP contribution in [0.2, 0.25) is 0 Å².